The van der Waals surface area contributed by atoms with Crippen molar-refractivity contribution in [1.82, 2.24) is 4.57 Å². The van der Waals surface area contributed by atoms with Crippen LogP contribution in [0.4, 0.5) is 5.69 Å². The van der Waals surface area contributed by atoms with Gasteiger partial charge in [-0.05, 0) is 25.1 Å². The van der Waals surface area contributed by atoms with Crippen LogP contribution in [0.1, 0.15) is 5.69 Å². The van der Waals surface area contributed by atoms with Crippen LogP contribution in [0.15, 0.2) is 41.2 Å². The zero-order valence-electron chi connectivity index (χ0n) is 10.7. The normalized spacial score (nSPS) is 10.3. The highest BCUT2D eigenvalue weighted by molar-refractivity contribution is 6.43. The topological polar surface area (TPSA) is 51.1 Å². The zero-order valence-corrected chi connectivity index (χ0v) is 12.2. The number of pyridine rings is 1. The number of benzene rings is 1. The Morgan fingerprint density at radius 2 is 1.90 bits per heavy atom. The molecule has 2 aromatic rings. The van der Waals surface area contributed by atoms with Gasteiger partial charge >= 0.3 is 0 Å². The molecule has 0 spiro atoms. The molecule has 6 heteroatoms. The summed E-state index contributed by atoms with van der Waals surface area (Å²) in [6.07, 6.45) is 0. The van der Waals surface area contributed by atoms with E-state index in [2.05, 4.69) is 5.32 Å². The average Bonchev–Trinajstić information content (AvgIpc) is 2.39. The Morgan fingerprint density at radius 3 is 2.60 bits per heavy atom. The molecule has 1 N–H and O–H groups in total. The van der Waals surface area contributed by atoms with Crippen LogP contribution in [0, 0.1) is 6.92 Å². The number of amides is 1. The predicted octanol–water partition coefficient (Wildman–Crippen LogP) is 3.10. The average molecular weight is 311 g/mol. The molecule has 1 aromatic carbocycles. The molecule has 0 saturated carbocycles. The molecule has 1 aromatic heterocycles. The van der Waals surface area contributed by atoms with Crippen LogP contribution >= 0.6 is 23.2 Å². The first-order chi connectivity index (χ1) is 9.49. The Kier molecular flexibility index (Phi) is 4.47. The summed E-state index contributed by atoms with van der Waals surface area (Å²) in [5.41, 5.74) is 0.910. The van der Waals surface area contributed by atoms with Gasteiger partial charge in [-0.1, -0.05) is 35.3 Å². The number of hydrogen-bond acceptors (Lipinski definition) is 2. The molecule has 0 aliphatic carbocycles. The number of anilines is 1. The summed E-state index contributed by atoms with van der Waals surface area (Å²) in [6.45, 7) is 1.69. The van der Waals surface area contributed by atoms with E-state index in [0.29, 0.717) is 16.4 Å². The maximum absolute atomic E-state index is 12.0. The van der Waals surface area contributed by atoms with Crippen LogP contribution in [0.25, 0.3) is 0 Å². The molecule has 0 unspecified atom stereocenters. The molecule has 4 nitrogen and oxygen atoms in total. The minimum absolute atomic E-state index is 0.0751. The van der Waals surface area contributed by atoms with Crippen LogP contribution < -0.4 is 10.9 Å². The summed E-state index contributed by atoms with van der Waals surface area (Å²) >= 11 is 11.9. The first kappa shape index (κ1) is 14.6. The summed E-state index contributed by atoms with van der Waals surface area (Å²) in [4.78, 5) is 23.7. The van der Waals surface area contributed by atoms with Gasteiger partial charge < -0.3 is 9.88 Å². The molecule has 104 valence electrons. The molecule has 0 fully saturated rings. The second-order valence-electron chi connectivity index (χ2n) is 4.24. The van der Waals surface area contributed by atoms with E-state index in [-0.39, 0.29) is 23.0 Å². The Balaban J connectivity index is 2.18. The maximum Gasteiger partial charge on any atom is 0.251 e. The van der Waals surface area contributed by atoms with Gasteiger partial charge in [-0.15, -0.1) is 0 Å². The van der Waals surface area contributed by atoms with Crippen LogP contribution in [0.5, 0.6) is 0 Å². The largest absolute Gasteiger partial charge is 0.323 e. The van der Waals surface area contributed by atoms with Gasteiger partial charge in [-0.25, -0.2) is 0 Å². The molecule has 0 atom stereocenters. The first-order valence-electron chi connectivity index (χ1n) is 5.89. The van der Waals surface area contributed by atoms with Gasteiger partial charge in [0.05, 0.1) is 15.7 Å². The van der Waals surface area contributed by atoms with Gasteiger partial charge in [-0.2, -0.15) is 0 Å². The summed E-state index contributed by atoms with van der Waals surface area (Å²) < 4.78 is 1.38. The van der Waals surface area contributed by atoms with Crippen molar-refractivity contribution in [2.24, 2.45) is 0 Å². The Morgan fingerprint density at radius 1 is 1.20 bits per heavy atom. The lowest BCUT2D eigenvalue weighted by molar-refractivity contribution is -0.116. The number of halogens is 2. The minimum atomic E-state index is -0.342. The van der Waals surface area contributed by atoms with E-state index in [9.17, 15) is 9.59 Å². The van der Waals surface area contributed by atoms with Crippen molar-refractivity contribution >= 4 is 34.8 Å². The predicted molar refractivity (Wildman–Crippen MR) is 80.5 cm³/mol. The van der Waals surface area contributed by atoms with Crippen molar-refractivity contribution in [3.05, 3.63) is 62.5 Å². The van der Waals surface area contributed by atoms with Crippen molar-refractivity contribution in [1.29, 1.82) is 0 Å². The third-order valence-electron chi connectivity index (χ3n) is 2.80. The van der Waals surface area contributed by atoms with E-state index in [0.717, 1.165) is 0 Å². The van der Waals surface area contributed by atoms with Gasteiger partial charge in [0.1, 0.15) is 6.54 Å². The molecule has 0 aliphatic rings. The molecule has 0 saturated heterocycles. The second kappa shape index (κ2) is 6.11. The SMILES string of the molecule is Cc1cccc(=O)n1CC(=O)Nc1cccc(Cl)c1Cl. The van der Waals surface area contributed by atoms with Gasteiger partial charge in [0.25, 0.3) is 5.56 Å². The van der Waals surface area contributed by atoms with Crippen molar-refractivity contribution < 1.29 is 4.79 Å². The lowest BCUT2D eigenvalue weighted by atomic mass is 10.3. The Labute approximate surface area is 125 Å². The maximum atomic E-state index is 12.0. The third-order valence-corrected chi connectivity index (χ3v) is 3.61. The Bertz CT molecular complexity index is 711. The molecule has 0 bridgehead atoms. The van der Waals surface area contributed by atoms with Crippen LogP contribution in [-0.2, 0) is 11.3 Å². The fourth-order valence-electron chi connectivity index (χ4n) is 1.76. The standard InChI is InChI=1S/C14H12Cl2N2O2/c1-9-4-2-7-13(20)18(9)8-12(19)17-11-6-3-5-10(15)14(11)16/h2-7H,8H2,1H3,(H,17,19). The van der Waals surface area contributed by atoms with Crippen molar-refractivity contribution in [3.63, 3.8) is 0 Å². The third kappa shape index (κ3) is 3.21. The number of hydrogen-bond donors (Lipinski definition) is 1. The quantitative estimate of drug-likeness (QED) is 0.947. The first-order valence-corrected chi connectivity index (χ1v) is 6.65. The van der Waals surface area contributed by atoms with Crippen molar-refractivity contribution in [2.45, 2.75) is 13.5 Å². The van der Waals surface area contributed by atoms with E-state index < -0.39 is 0 Å². The molecular weight excluding hydrogens is 299 g/mol. The monoisotopic (exact) mass is 310 g/mol. The summed E-state index contributed by atoms with van der Waals surface area (Å²) in [7, 11) is 0. The van der Waals surface area contributed by atoms with E-state index in [1.807, 2.05) is 0 Å². The van der Waals surface area contributed by atoms with Gasteiger partial charge in [0, 0.05) is 11.8 Å². The fourth-order valence-corrected chi connectivity index (χ4v) is 2.11. The fraction of sp³-hybridized carbons (Fsp3) is 0.143. The highest BCUT2D eigenvalue weighted by atomic mass is 35.5. The number of aromatic nitrogens is 1. The summed E-state index contributed by atoms with van der Waals surface area (Å²) in [5.74, 6) is -0.342. The molecule has 1 amide bonds. The lowest BCUT2D eigenvalue weighted by Crippen LogP contribution is -2.28. The van der Waals surface area contributed by atoms with Crippen LogP contribution in [-0.4, -0.2) is 10.5 Å². The molecule has 1 heterocycles. The summed E-state index contributed by atoms with van der Waals surface area (Å²) in [6, 6.07) is 9.79. The number of rotatable bonds is 3. The van der Waals surface area contributed by atoms with Crippen LogP contribution in [0.2, 0.25) is 10.0 Å². The van der Waals surface area contributed by atoms with E-state index in [1.165, 1.54) is 10.6 Å². The van der Waals surface area contributed by atoms with Crippen LogP contribution in [0.3, 0.4) is 0 Å². The summed E-state index contributed by atoms with van der Waals surface area (Å²) in [5, 5.41) is 3.28. The number of carbonyl (C=O) groups excluding carboxylic acids is 1. The molecule has 2 rings (SSSR count). The Hall–Kier alpha value is -1.78. The van der Waals surface area contributed by atoms with E-state index in [4.69, 9.17) is 23.2 Å². The van der Waals surface area contributed by atoms with Gasteiger partial charge in [0.2, 0.25) is 5.91 Å². The number of carbonyl (C=O) groups is 1. The molecule has 20 heavy (non-hydrogen) atoms. The number of nitrogens with one attached hydrogen (secondary N) is 1. The molecular formula is C14H12Cl2N2O2. The van der Waals surface area contributed by atoms with Crippen molar-refractivity contribution in [2.75, 3.05) is 5.32 Å². The zero-order chi connectivity index (χ0) is 14.7. The number of nitrogens with zero attached hydrogens (tertiary/aromatic N) is 1. The number of aryl methyl sites for hydroxylation is 1. The second-order valence-corrected chi connectivity index (χ2v) is 5.03. The van der Waals surface area contributed by atoms with E-state index in [1.54, 1.807) is 37.3 Å². The lowest BCUT2D eigenvalue weighted by Gasteiger charge is -2.11. The molecule has 0 radical (unpaired) electrons. The van der Waals surface area contributed by atoms with Gasteiger partial charge in [-0.3, -0.25) is 9.59 Å². The minimum Gasteiger partial charge on any atom is -0.323 e. The molecule has 0 aliphatic heterocycles. The highest BCUT2D eigenvalue weighted by Crippen LogP contribution is 2.29. The van der Waals surface area contributed by atoms with Crippen molar-refractivity contribution in [3.8, 4) is 0 Å². The van der Waals surface area contributed by atoms with Gasteiger partial charge in [0.15, 0.2) is 0 Å². The highest BCUT2D eigenvalue weighted by Gasteiger charge is 2.10. The van der Waals surface area contributed by atoms with E-state index >= 15 is 0 Å². The smallest absolute Gasteiger partial charge is 0.251 e.